The number of para-hydroxylation sites is 1. The Labute approximate surface area is 111 Å². The van der Waals surface area contributed by atoms with Crippen LogP contribution in [-0.4, -0.2) is 21.3 Å². The molecule has 1 heterocycles. The van der Waals surface area contributed by atoms with Gasteiger partial charge in [0.2, 0.25) is 0 Å². The molecule has 2 rings (SSSR count). The quantitative estimate of drug-likeness (QED) is 0.665. The molecule has 0 saturated heterocycles. The third kappa shape index (κ3) is 3.10. The van der Waals surface area contributed by atoms with Crippen LogP contribution >= 0.6 is 0 Å². The van der Waals surface area contributed by atoms with Gasteiger partial charge in [-0.3, -0.25) is 0 Å². The summed E-state index contributed by atoms with van der Waals surface area (Å²) in [6.45, 7) is 0.652. The monoisotopic (exact) mass is 261 g/mol. The number of aromatic amines is 1. The second-order valence-electron chi connectivity index (χ2n) is 4.45. The van der Waals surface area contributed by atoms with Crippen molar-refractivity contribution in [3.63, 3.8) is 0 Å². The Bertz CT molecular complexity index is 560. The van der Waals surface area contributed by atoms with Crippen molar-refractivity contribution in [2.24, 2.45) is 11.5 Å². The molecule has 0 spiro atoms. The van der Waals surface area contributed by atoms with Crippen LogP contribution in [0.3, 0.4) is 0 Å². The molecular weight excluding hydrogens is 242 g/mol. The van der Waals surface area contributed by atoms with Crippen LogP contribution in [0.15, 0.2) is 35.1 Å². The van der Waals surface area contributed by atoms with E-state index in [4.69, 9.17) is 11.5 Å². The lowest BCUT2D eigenvalue weighted by atomic mass is 10.1. The third-order valence-electron chi connectivity index (χ3n) is 3.01. The van der Waals surface area contributed by atoms with Crippen LogP contribution in [0.4, 0.5) is 0 Å². The number of nitrogens with zero attached hydrogens (tertiary/aromatic N) is 2. The van der Waals surface area contributed by atoms with E-state index in [1.54, 1.807) is 0 Å². The van der Waals surface area contributed by atoms with Gasteiger partial charge in [-0.2, -0.15) is 5.10 Å². The summed E-state index contributed by atoms with van der Waals surface area (Å²) in [7, 11) is 0. The van der Waals surface area contributed by atoms with E-state index in [-0.39, 0.29) is 11.7 Å². The Morgan fingerprint density at radius 3 is 2.68 bits per heavy atom. The Morgan fingerprint density at radius 2 is 2.00 bits per heavy atom. The van der Waals surface area contributed by atoms with E-state index in [1.165, 1.54) is 4.57 Å². The third-order valence-corrected chi connectivity index (χ3v) is 3.01. The van der Waals surface area contributed by atoms with Gasteiger partial charge in [-0.25, -0.2) is 14.5 Å². The van der Waals surface area contributed by atoms with Gasteiger partial charge in [0.15, 0.2) is 5.82 Å². The molecule has 0 bridgehead atoms. The maximum absolute atomic E-state index is 11.8. The fourth-order valence-electron chi connectivity index (χ4n) is 2.02. The van der Waals surface area contributed by atoms with E-state index in [9.17, 15) is 4.79 Å². The van der Waals surface area contributed by atoms with Gasteiger partial charge in [0.1, 0.15) is 0 Å². The Morgan fingerprint density at radius 1 is 1.26 bits per heavy atom. The molecule has 0 fully saturated rings. The number of unbranched alkanes of at least 4 members (excludes halogenated alkanes) is 1. The number of hydrogen-bond donors (Lipinski definition) is 3. The lowest BCUT2D eigenvalue weighted by Gasteiger charge is -2.12. The van der Waals surface area contributed by atoms with Crippen LogP contribution in [0, 0.1) is 0 Å². The molecule has 19 heavy (non-hydrogen) atoms. The minimum atomic E-state index is -0.272. The van der Waals surface area contributed by atoms with Crippen molar-refractivity contribution in [2.75, 3.05) is 6.54 Å². The summed E-state index contributed by atoms with van der Waals surface area (Å²) in [5.74, 6) is 0.563. The highest BCUT2D eigenvalue weighted by Crippen LogP contribution is 2.16. The second kappa shape index (κ2) is 6.31. The predicted molar refractivity (Wildman–Crippen MR) is 74.0 cm³/mol. The van der Waals surface area contributed by atoms with E-state index >= 15 is 0 Å². The van der Waals surface area contributed by atoms with Crippen molar-refractivity contribution in [3.8, 4) is 5.69 Å². The molecule has 0 radical (unpaired) electrons. The van der Waals surface area contributed by atoms with Crippen LogP contribution in [0.5, 0.6) is 0 Å². The van der Waals surface area contributed by atoms with Crippen LogP contribution in [0.25, 0.3) is 5.69 Å². The number of nitrogens with one attached hydrogen (secondary N) is 1. The first-order valence-electron chi connectivity index (χ1n) is 6.42. The normalized spacial score (nSPS) is 12.5. The van der Waals surface area contributed by atoms with Crippen LogP contribution < -0.4 is 17.2 Å². The molecule has 0 saturated carbocycles. The van der Waals surface area contributed by atoms with E-state index in [0.29, 0.717) is 12.4 Å². The lowest BCUT2D eigenvalue weighted by molar-refractivity contribution is 0.557. The van der Waals surface area contributed by atoms with Crippen LogP contribution in [0.1, 0.15) is 31.1 Å². The number of H-pyrrole nitrogens is 1. The van der Waals surface area contributed by atoms with Gasteiger partial charge >= 0.3 is 5.69 Å². The molecule has 0 amide bonds. The number of rotatable bonds is 6. The first-order chi connectivity index (χ1) is 9.24. The van der Waals surface area contributed by atoms with E-state index < -0.39 is 0 Å². The van der Waals surface area contributed by atoms with Crippen molar-refractivity contribution < 1.29 is 0 Å². The minimum Gasteiger partial charge on any atom is -0.330 e. The maximum atomic E-state index is 11.8. The zero-order valence-electron chi connectivity index (χ0n) is 10.7. The molecule has 0 aliphatic heterocycles. The fraction of sp³-hybridized carbons (Fsp3) is 0.385. The first kappa shape index (κ1) is 13.5. The Kier molecular flexibility index (Phi) is 4.48. The molecule has 0 aliphatic carbocycles. The van der Waals surface area contributed by atoms with Crippen LogP contribution in [0.2, 0.25) is 0 Å². The summed E-state index contributed by atoms with van der Waals surface area (Å²) >= 11 is 0. The average Bonchev–Trinajstić information content (AvgIpc) is 2.82. The largest absolute Gasteiger partial charge is 0.347 e. The summed E-state index contributed by atoms with van der Waals surface area (Å²) in [4.78, 5) is 11.8. The van der Waals surface area contributed by atoms with Gasteiger partial charge in [0, 0.05) is 0 Å². The molecular formula is C13H19N5O. The zero-order valence-corrected chi connectivity index (χ0v) is 10.7. The first-order valence-corrected chi connectivity index (χ1v) is 6.42. The minimum absolute atomic E-state index is 0.268. The van der Waals surface area contributed by atoms with Gasteiger partial charge in [0.05, 0.1) is 11.7 Å². The summed E-state index contributed by atoms with van der Waals surface area (Å²) in [6.07, 6.45) is 2.61. The smallest absolute Gasteiger partial charge is 0.330 e. The summed E-state index contributed by atoms with van der Waals surface area (Å²) in [6, 6.07) is 9.08. The zero-order chi connectivity index (χ0) is 13.7. The lowest BCUT2D eigenvalue weighted by Crippen LogP contribution is -2.22. The Hall–Kier alpha value is -1.92. The molecule has 0 unspecified atom stereocenters. The topological polar surface area (TPSA) is 103 Å². The maximum Gasteiger partial charge on any atom is 0.347 e. The summed E-state index contributed by atoms with van der Waals surface area (Å²) < 4.78 is 1.52. The molecule has 1 atom stereocenters. The molecule has 1 aromatic carbocycles. The number of hydrogen-bond acceptors (Lipinski definition) is 4. The highest BCUT2D eigenvalue weighted by atomic mass is 16.1. The van der Waals surface area contributed by atoms with E-state index in [0.717, 1.165) is 24.9 Å². The molecule has 1 aromatic heterocycles. The van der Waals surface area contributed by atoms with Crippen molar-refractivity contribution in [1.29, 1.82) is 0 Å². The number of aromatic nitrogens is 3. The molecule has 5 N–H and O–H groups in total. The average molecular weight is 261 g/mol. The van der Waals surface area contributed by atoms with Gasteiger partial charge in [-0.15, -0.1) is 0 Å². The highest BCUT2D eigenvalue weighted by molar-refractivity contribution is 5.32. The number of benzene rings is 1. The molecule has 102 valence electrons. The van der Waals surface area contributed by atoms with Crippen molar-refractivity contribution >= 4 is 0 Å². The second-order valence-corrected chi connectivity index (χ2v) is 4.45. The Balaban J connectivity index is 2.25. The van der Waals surface area contributed by atoms with Crippen LogP contribution in [-0.2, 0) is 0 Å². The summed E-state index contributed by atoms with van der Waals surface area (Å²) in [5.41, 5.74) is 12.1. The molecule has 2 aromatic rings. The number of nitrogens with two attached hydrogens (primary N) is 2. The SMILES string of the molecule is NCCCC[C@H](N)c1n[nH]c(=O)n1-c1ccccc1. The van der Waals surface area contributed by atoms with Gasteiger partial charge in [0.25, 0.3) is 0 Å². The molecule has 6 heteroatoms. The standard InChI is InChI=1S/C13H19N5O/c14-9-5-4-8-11(15)12-16-17-13(19)18(12)10-6-2-1-3-7-10/h1-3,6-7,11H,4-5,8-9,14-15H2,(H,17,19)/t11-/m0/s1. The molecule has 0 aliphatic rings. The van der Waals surface area contributed by atoms with Gasteiger partial charge < -0.3 is 11.5 Å². The predicted octanol–water partition coefficient (Wildman–Crippen LogP) is 0.689. The van der Waals surface area contributed by atoms with Gasteiger partial charge in [-0.1, -0.05) is 24.6 Å². The van der Waals surface area contributed by atoms with Crippen molar-refractivity contribution in [3.05, 3.63) is 46.6 Å². The van der Waals surface area contributed by atoms with Gasteiger partial charge in [-0.05, 0) is 31.5 Å². The highest BCUT2D eigenvalue weighted by Gasteiger charge is 2.16. The summed E-state index contributed by atoms with van der Waals surface area (Å²) in [5, 5.41) is 6.50. The molecule has 6 nitrogen and oxygen atoms in total. The van der Waals surface area contributed by atoms with E-state index in [2.05, 4.69) is 10.2 Å². The van der Waals surface area contributed by atoms with Crippen molar-refractivity contribution in [2.45, 2.75) is 25.3 Å². The fourth-order valence-corrected chi connectivity index (χ4v) is 2.02. The van der Waals surface area contributed by atoms with E-state index in [1.807, 2.05) is 30.3 Å². The van der Waals surface area contributed by atoms with Crippen molar-refractivity contribution in [1.82, 2.24) is 14.8 Å².